The molecule has 1 aliphatic rings. The number of ether oxygens (including phenoxy) is 1. The molecular formula is C21H18N2O5. The summed E-state index contributed by atoms with van der Waals surface area (Å²) in [6.45, 7) is -0.0907. The Morgan fingerprint density at radius 2 is 1.89 bits per heavy atom. The van der Waals surface area contributed by atoms with Crippen molar-refractivity contribution in [2.75, 3.05) is 11.9 Å². The normalized spacial score (nSPS) is 15.6. The molecule has 0 bridgehead atoms. The lowest BCUT2D eigenvalue weighted by molar-refractivity contribution is -0.139. The number of carbonyl (C=O) groups excluding carboxylic acids is 1. The van der Waals surface area contributed by atoms with Gasteiger partial charge in [-0.3, -0.25) is 4.79 Å². The lowest BCUT2D eigenvalue weighted by atomic mass is 10.0. The second-order valence-electron chi connectivity index (χ2n) is 6.36. The van der Waals surface area contributed by atoms with Crippen LogP contribution in [0, 0.1) is 0 Å². The van der Waals surface area contributed by atoms with E-state index < -0.39 is 18.7 Å². The van der Waals surface area contributed by atoms with E-state index in [0.29, 0.717) is 23.6 Å². The number of benzene rings is 2. The molecule has 28 heavy (non-hydrogen) atoms. The van der Waals surface area contributed by atoms with Crippen molar-refractivity contribution < 1.29 is 23.8 Å². The fourth-order valence-corrected chi connectivity index (χ4v) is 3.18. The lowest BCUT2D eigenvalue weighted by Crippen LogP contribution is -2.42. The number of para-hydroxylation sites is 1. The van der Waals surface area contributed by atoms with Crippen molar-refractivity contribution in [1.29, 1.82) is 0 Å². The molecule has 2 aromatic carbocycles. The van der Waals surface area contributed by atoms with Crippen LogP contribution in [0.4, 0.5) is 5.69 Å². The number of rotatable bonds is 6. The number of nitrogens with zero attached hydrogens (tertiary/aromatic N) is 1. The van der Waals surface area contributed by atoms with Crippen molar-refractivity contribution in [3.63, 3.8) is 0 Å². The summed E-state index contributed by atoms with van der Waals surface area (Å²) in [5, 5.41) is 12.1. The van der Waals surface area contributed by atoms with Crippen LogP contribution in [0.25, 0.3) is 0 Å². The van der Waals surface area contributed by atoms with Crippen LogP contribution in [-0.4, -0.2) is 28.5 Å². The Kier molecular flexibility index (Phi) is 4.72. The van der Waals surface area contributed by atoms with E-state index in [1.54, 1.807) is 35.4 Å². The van der Waals surface area contributed by atoms with Crippen molar-refractivity contribution in [2.24, 2.45) is 0 Å². The third kappa shape index (κ3) is 3.55. The highest BCUT2D eigenvalue weighted by Gasteiger charge is 2.33. The number of carbonyl (C=O) groups is 2. The molecule has 2 heterocycles. The molecule has 1 atom stereocenters. The zero-order valence-corrected chi connectivity index (χ0v) is 14.9. The maximum atomic E-state index is 13.1. The number of furan rings is 1. The topological polar surface area (TPSA) is 92.0 Å². The zero-order valence-electron chi connectivity index (χ0n) is 14.9. The molecule has 1 aromatic heterocycles. The molecule has 142 valence electrons. The molecule has 0 spiro atoms. The molecule has 0 radical (unpaired) electrons. The van der Waals surface area contributed by atoms with Crippen LogP contribution in [0.3, 0.4) is 0 Å². The molecule has 0 saturated carbocycles. The van der Waals surface area contributed by atoms with Gasteiger partial charge in [0.15, 0.2) is 6.61 Å². The molecule has 3 aromatic rings. The molecule has 2 N–H and O–H groups in total. The molecule has 4 rings (SSSR count). The summed E-state index contributed by atoms with van der Waals surface area (Å²) in [6, 6.07) is 18.0. The Labute approximate surface area is 161 Å². The van der Waals surface area contributed by atoms with E-state index >= 15 is 0 Å². The Hall–Kier alpha value is -3.74. The first-order valence-electron chi connectivity index (χ1n) is 8.75. The van der Waals surface area contributed by atoms with E-state index in [1.165, 1.54) is 0 Å². The third-order valence-electron chi connectivity index (χ3n) is 4.49. The number of hydrogen-bond acceptors (Lipinski definition) is 5. The first-order chi connectivity index (χ1) is 13.6. The van der Waals surface area contributed by atoms with Gasteiger partial charge in [-0.25, -0.2) is 4.79 Å². The predicted octanol–water partition coefficient (Wildman–Crippen LogP) is 3.51. The first kappa shape index (κ1) is 17.7. The number of nitrogens with one attached hydrogen (secondary N) is 1. The summed E-state index contributed by atoms with van der Waals surface area (Å²) >= 11 is 0. The van der Waals surface area contributed by atoms with Gasteiger partial charge < -0.3 is 24.5 Å². The highest BCUT2D eigenvalue weighted by Crippen LogP contribution is 2.34. The van der Waals surface area contributed by atoms with Crippen LogP contribution in [0.2, 0.25) is 0 Å². The van der Waals surface area contributed by atoms with Crippen molar-refractivity contribution >= 4 is 17.6 Å². The number of anilines is 1. The molecule has 1 aliphatic heterocycles. The van der Waals surface area contributed by atoms with Gasteiger partial charge in [-0.2, -0.15) is 0 Å². The van der Waals surface area contributed by atoms with E-state index in [9.17, 15) is 9.59 Å². The van der Waals surface area contributed by atoms with Gasteiger partial charge in [0.05, 0.1) is 18.4 Å². The van der Waals surface area contributed by atoms with E-state index in [2.05, 4.69) is 5.32 Å². The van der Waals surface area contributed by atoms with Crippen LogP contribution in [0.15, 0.2) is 71.3 Å². The number of fused-ring (bicyclic) bond motifs is 1. The van der Waals surface area contributed by atoms with Gasteiger partial charge in [-0.1, -0.05) is 24.3 Å². The Morgan fingerprint density at radius 3 is 2.61 bits per heavy atom. The van der Waals surface area contributed by atoms with Crippen molar-refractivity contribution in [1.82, 2.24) is 4.90 Å². The SMILES string of the molecule is O=C(O)COc1ccc([C@@H]2Nc3ccccc3C(=O)N2Cc2ccco2)cc1. The highest BCUT2D eigenvalue weighted by molar-refractivity contribution is 6.01. The minimum absolute atomic E-state index is 0.0954. The molecule has 7 heteroatoms. The average molecular weight is 378 g/mol. The standard InChI is InChI=1S/C21H18N2O5/c24-19(25)13-28-15-9-7-14(8-10-15)20-22-18-6-2-1-5-17(18)21(26)23(20)12-16-4-3-11-27-16/h1-11,20,22H,12-13H2,(H,24,25)/t20-/m1/s1. The molecule has 0 aliphatic carbocycles. The van der Waals surface area contributed by atoms with Crippen LogP contribution in [0.5, 0.6) is 5.75 Å². The van der Waals surface area contributed by atoms with Gasteiger partial charge in [0, 0.05) is 5.69 Å². The number of amides is 1. The van der Waals surface area contributed by atoms with Crippen molar-refractivity contribution in [3.05, 3.63) is 83.8 Å². The smallest absolute Gasteiger partial charge is 0.341 e. The summed E-state index contributed by atoms with van der Waals surface area (Å²) in [5.41, 5.74) is 2.21. The first-order valence-corrected chi connectivity index (χ1v) is 8.75. The maximum Gasteiger partial charge on any atom is 0.341 e. The van der Waals surface area contributed by atoms with Crippen molar-refractivity contribution in [3.8, 4) is 5.75 Å². The minimum Gasteiger partial charge on any atom is -0.482 e. The number of hydrogen-bond donors (Lipinski definition) is 2. The summed E-state index contributed by atoms with van der Waals surface area (Å²) in [4.78, 5) is 25.5. The Bertz CT molecular complexity index is 982. The average Bonchev–Trinajstić information content (AvgIpc) is 3.22. The molecular weight excluding hydrogens is 360 g/mol. The van der Waals surface area contributed by atoms with Gasteiger partial charge in [-0.05, 0) is 42.0 Å². The van der Waals surface area contributed by atoms with Crippen LogP contribution >= 0.6 is 0 Å². The van der Waals surface area contributed by atoms with Crippen LogP contribution < -0.4 is 10.1 Å². The zero-order chi connectivity index (χ0) is 19.5. The van der Waals surface area contributed by atoms with Crippen molar-refractivity contribution in [2.45, 2.75) is 12.7 Å². The van der Waals surface area contributed by atoms with E-state index in [4.69, 9.17) is 14.3 Å². The van der Waals surface area contributed by atoms with Gasteiger partial charge in [-0.15, -0.1) is 0 Å². The van der Waals surface area contributed by atoms with Crippen LogP contribution in [-0.2, 0) is 11.3 Å². The minimum atomic E-state index is -1.04. The lowest BCUT2D eigenvalue weighted by Gasteiger charge is -2.37. The maximum absolute atomic E-state index is 13.1. The van der Waals surface area contributed by atoms with Gasteiger partial charge >= 0.3 is 5.97 Å². The van der Waals surface area contributed by atoms with E-state index in [-0.39, 0.29) is 5.91 Å². The number of carboxylic acids is 1. The monoisotopic (exact) mass is 378 g/mol. The quantitative estimate of drug-likeness (QED) is 0.682. The third-order valence-corrected chi connectivity index (χ3v) is 4.49. The fraction of sp³-hybridized carbons (Fsp3) is 0.143. The molecule has 0 saturated heterocycles. The van der Waals surface area contributed by atoms with Crippen LogP contribution in [0.1, 0.15) is 27.8 Å². The second kappa shape index (κ2) is 7.48. The van der Waals surface area contributed by atoms with Gasteiger partial charge in [0.25, 0.3) is 5.91 Å². The molecule has 0 fully saturated rings. The van der Waals surface area contributed by atoms with E-state index in [1.807, 2.05) is 36.4 Å². The van der Waals surface area contributed by atoms with Gasteiger partial charge in [0.2, 0.25) is 0 Å². The summed E-state index contributed by atoms with van der Waals surface area (Å²) in [7, 11) is 0. The predicted molar refractivity (Wildman–Crippen MR) is 101 cm³/mol. The highest BCUT2D eigenvalue weighted by atomic mass is 16.5. The molecule has 7 nitrogen and oxygen atoms in total. The summed E-state index contributed by atoms with van der Waals surface area (Å²) < 4.78 is 10.6. The van der Waals surface area contributed by atoms with E-state index in [0.717, 1.165) is 11.3 Å². The summed E-state index contributed by atoms with van der Waals surface area (Å²) in [5.74, 6) is -0.000910. The fourth-order valence-electron chi connectivity index (χ4n) is 3.18. The Balaban J connectivity index is 1.64. The largest absolute Gasteiger partial charge is 0.482 e. The van der Waals surface area contributed by atoms with Gasteiger partial charge in [0.1, 0.15) is 17.7 Å². The molecule has 0 unspecified atom stereocenters. The number of carboxylic acid groups (broad SMARTS) is 1. The Morgan fingerprint density at radius 1 is 1.11 bits per heavy atom. The second-order valence-corrected chi connectivity index (χ2v) is 6.36. The summed E-state index contributed by atoms with van der Waals surface area (Å²) in [6.07, 6.45) is 1.18. The number of aliphatic carboxylic acids is 1. The molecule has 1 amide bonds.